The molecule has 0 bridgehead atoms. The Morgan fingerprint density at radius 2 is 1.61 bits per heavy atom. The van der Waals surface area contributed by atoms with Crippen molar-refractivity contribution in [2.24, 2.45) is 0 Å². The lowest BCUT2D eigenvalue weighted by molar-refractivity contribution is 0.665. The van der Waals surface area contributed by atoms with Gasteiger partial charge in [-0.2, -0.15) is 0 Å². The van der Waals surface area contributed by atoms with E-state index in [9.17, 15) is 0 Å². The zero-order valence-corrected chi connectivity index (χ0v) is 11.1. The Hall–Kier alpha value is -1.41. The summed E-state index contributed by atoms with van der Waals surface area (Å²) in [7, 11) is 0. The lowest BCUT2D eigenvalue weighted by atomic mass is 10.1. The van der Waals surface area contributed by atoms with Gasteiger partial charge < -0.3 is 0 Å². The van der Waals surface area contributed by atoms with Crippen LogP contribution in [0.15, 0.2) is 42.7 Å². The normalized spacial score (nSPS) is 10.5. The fraction of sp³-hybridized carbons (Fsp3) is 0.333. The number of unbranched alkanes of at least 4 members (excludes halogenated alkanes) is 2. The minimum Gasteiger partial charge on any atom is -0.261 e. The van der Waals surface area contributed by atoms with Crippen LogP contribution in [0.3, 0.4) is 0 Å². The van der Waals surface area contributed by atoms with Gasteiger partial charge in [0.05, 0.1) is 0 Å². The highest BCUT2D eigenvalue weighted by Crippen LogP contribution is 2.11. The zero-order valence-electron chi connectivity index (χ0n) is 10.3. The molecule has 2 heterocycles. The molecular weight excluding hydrogens is 244 g/mol. The van der Waals surface area contributed by atoms with Gasteiger partial charge in [0.15, 0.2) is 0 Å². The molecule has 2 aromatic rings. The molecule has 0 unspecified atom stereocenters. The first-order chi connectivity index (χ1) is 8.84. The highest BCUT2D eigenvalue weighted by molar-refractivity contribution is 6.30. The van der Waals surface area contributed by atoms with Gasteiger partial charge in [0, 0.05) is 28.8 Å². The highest BCUT2D eigenvalue weighted by atomic mass is 35.5. The SMILES string of the molecule is Clc1ccnc(CCCCCc2ccccn2)c1. The third-order valence-electron chi connectivity index (χ3n) is 2.87. The number of aryl methyl sites for hydroxylation is 2. The number of rotatable bonds is 6. The molecule has 0 radical (unpaired) electrons. The number of aromatic nitrogens is 2. The fourth-order valence-electron chi connectivity index (χ4n) is 1.92. The van der Waals surface area contributed by atoms with Crippen LogP contribution in [0, 0.1) is 0 Å². The zero-order chi connectivity index (χ0) is 12.6. The number of hydrogen-bond acceptors (Lipinski definition) is 2. The summed E-state index contributed by atoms with van der Waals surface area (Å²) in [6.45, 7) is 0. The van der Waals surface area contributed by atoms with E-state index in [1.807, 2.05) is 30.5 Å². The Morgan fingerprint density at radius 1 is 0.833 bits per heavy atom. The van der Waals surface area contributed by atoms with E-state index >= 15 is 0 Å². The van der Waals surface area contributed by atoms with E-state index < -0.39 is 0 Å². The van der Waals surface area contributed by atoms with Gasteiger partial charge >= 0.3 is 0 Å². The molecule has 0 atom stereocenters. The Balaban J connectivity index is 1.65. The Bertz CT molecular complexity index is 471. The molecule has 0 saturated carbocycles. The van der Waals surface area contributed by atoms with E-state index in [0.29, 0.717) is 0 Å². The number of hydrogen-bond donors (Lipinski definition) is 0. The first-order valence-electron chi connectivity index (χ1n) is 6.35. The topological polar surface area (TPSA) is 25.8 Å². The molecule has 0 fully saturated rings. The smallest absolute Gasteiger partial charge is 0.0439 e. The van der Waals surface area contributed by atoms with Crippen LogP contribution in [0.5, 0.6) is 0 Å². The van der Waals surface area contributed by atoms with Gasteiger partial charge in [-0.25, -0.2) is 0 Å². The largest absolute Gasteiger partial charge is 0.261 e. The first-order valence-corrected chi connectivity index (χ1v) is 6.73. The van der Waals surface area contributed by atoms with Crippen molar-refractivity contribution >= 4 is 11.6 Å². The highest BCUT2D eigenvalue weighted by Gasteiger charge is 1.97. The van der Waals surface area contributed by atoms with Crippen molar-refractivity contribution in [3.63, 3.8) is 0 Å². The van der Waals surface area contributed by atoms with E-state index in [1.165, 1.54) is 18.5 Å². The number of halogens is 1. The minimum atomic E-state index is 0.772. The molecule has 3 heteroatoms. The number of nitrogens with zero attached hydrogens (tertiary/aromatic N) is 2. The van der Waals surface area contributed by atoms with Crippen LogP contribution in [0.25, 0.3) is 0 Å². The molecule has 0 spiro atoms. The van der Waals surface area contributed by atoms with E-state index in [1.54, 1.807) is 6.20 Å². The third-order valence-corrected chi connectivity index (χ3v) is 3.11. The summed E-state index contributed by atoms with van der Waals surface area (Å²) in [6.07, 6.45) is 9.21. The summed E-state index contributed by atoms with van der Waals surface area (Å²) in [5.74, 6) is 0. The van der Waals surface area contributed by atoms with Gasteiger partial charge in [0.2, 0.25) is 0 Å². The van der Waals surface area contributed by atoms with Gasteiger partial charge in [0.25, 0.3) is 0 Å². The summed E-state index contributed by atoms with van der Waals surface area (Å²) in [5, 5.41) is 0.772. The summed E-state index contributed by atoms with van der Waals surface area (Å²) in [6, 6.07) is 9.83. The predicted octanol–water partition coefficient (Wildman–Crippen LogP) is 4.09. The average molecular weight is 261 g/mol. The lowest BCUT2D eigenvalue weighted by Gasteiger charge is -2.02. The van der Waals surface area contributed by atoms with Crippen molar-refractivity contribution in [3.05, 3.63) is 59.1 Å². The third kappa shape index (κ3) is 4.46. The van der Waals surface area contributed by atoms with E-state index in [-0.39, 0.29) is 0 Å². The van der Waals surface area contributed by atoms with E-state index in [4.69, 9.17) is 11.6 Å². The van der Waals surface area contributed by atoms with Crippen LogP contribution in [0.1, 0.15) is 30.7 Å². The van der Waals surface area contributed by atoms with Crippen LogP contribution in [0.4, 0.5) is 0 Å². The monoisotopic (exact) mass is 260 g/mol. The maximum atomic E-state index is 5.92. The molecule has 0 aliphatic rings. The van der Waals surface area contributed by atoms with Crippen LogP contribution in [-0.2, 0) is 12.8 Å². The van der Waals surface area contributed by atoms with Crippen LogP contribution >= 0.6 is 11.6 Å². The lowest BCUT2D eigenvalue weighted by Crippen LogP contribution is -1.92. The van der Waals surface area contributed by atoms with Crippen molar-refractivity contribution in [2.75, 3.05) is 0 Å². The van der Waals surface area contributed by atoms with Gasteiger partial charge in [-0.1, -0.05) is 24.1 Å². The molecule has 0 N–H and O–H groups in total. The Morgan fingerprint density at radius 3 is 2.33 bits per heavy atom. The summed E-state index contributed by atoms with van der Waals surface area (Å²) in [5.41, 5.74) is 2.26. The van der Waals surface area contributed by atoms with Gasteiger partial charge in [-0.3, -0.25) is 9.97 Å². The van der Waals surface area contributed by atoms with E-state index in [0.717, 1.165) is 30.0 Å². The average Bonchev–Trinajstić information content (AvgIpc) is 2.40. The van der Waals surface area contributed by atoms with Crippen molar-refractivity contribution in [1.29, 1.82) is 0 Å². The predicted molar refractivity (Wildman–Crippen MR) is 74.7 cm³/mol. The molecule has 0 aromatic carbocycles. The second kappa shape index (κ2) is 7.12. The van der Waals surface area contributed by atoms with Crippen LogP contribution in [-0.4, -0.2) is 9.97 Å². The molecule has 2 aromatic heterocycles. The second-order valence-electron chi connectivity index (χ2n) is 4.35. The number of pyridine rings is 2. The molecule has 0 saturated heterocycles. The van der Waals surface area contributed by atoms with Gasteiger partial charge in [-0.05, 0) is 49.9 Å². The molecule has 94 valence electrons. The summed E-state index contributed by atoms with van der Waals surface area (Å²) < 4.78 is 0. The summed E-state index contributed by atoms with van der Waals surface area (Å²) in [4.78, 5) is 8.61. The molecule has 2 nitrogen and oxygen atoms in total. The molecular formula is C15H17ClN2. The molecule has 0 amide bonds. The first kappa shape index (κ1) is 13.0. The van der Waals surface area contributed by atoms with Crippen LogP contribution < -0.4 is 0 Å². The quantitative estimate of drug-likeness (QED) is 0.731. The molecule has 0 aliphatic carbocycles. The fourth-order valence-corrected chi connectivity index (χ4v) is 2.10. The standard InChI is InChI=1S/C15H17ClN2/c16-13-9-11-18-15(12-13)8-3-1-2-6-14-7-4-5-10-17-14/h4-5,7,9-12H,1-3,6,8H2. The Labute approximate surface area is 113 Å². The van der Waals surface area contributed by atoms with E-state index in [2.05, 4.69) is 16.0 Å². The van der Waals surface area contributed by atoms with Gasteiger partial charge in [-0.15, -0.1) is 0 Å². The molecule has 0 aliphatic heterocycles. The van der Waals surface area contributed by atoms with Crippen molar-refractivity contribution in [3.8, 4) is 0 Å². The second-order valence-corrected chi connectivity index (χ2v) is 4.78. The molecule has 18 heavy (non-hydrogen) atoms. The van der Waals surface area contributed by atoms with Crippen molar-refractivity contribution in [1.82, 2.24) is 9.97 Å². The van der Waals surface area contributed by atoms with Gasteiger partial charge in [0.1, 0.15) is 0 Å². The van der Waals surface area contributed by atoms with Crippen molar-refractivity contribution in [2.45, 2.75) is 32.1 Å². The van der Waals surface area contributed by atoms with Crippen molar-refractivity contribution < 1.29 is 0 Å². The molecule has 2 rings (SSSR count). The summed E-state index contributed by atoms with van der Waals surface area (Å²) >= 11 is 5.92. The minimum absolute atomic E-state index is 0.772. The Kier molecular flexibility index (Phi) is 5.15. The maximum Gasteiger partial charge on any atom is 0.0439 e. The maximum absolute atomic E-state index is 5.92. The van der Waals surface area contributed by atoms with Crippen LogP contribution in [0.2, 0.25) is 5.02 Å².